The van der Waals surface area contributed by atoms with Gasteiger partial charge in [-0.2, -0.15) is 11.8 Å². The Bertz CT molecular complexity index is 357. The van der Waals surface area contributed by atoms with E-state index in [1.165, 1.54) is 0 Å². The largest absolute Gasteiger partial charge is 0.289 e. The van der Waals surface area contributed by atoms with Crippen LogP contribution in [-0.4, -0.2) is 29.6 Å². The lowest BCUT2D eigenvalue weighted by atomic mass is 10.2. The van der Waals surface area contributed by atoms with Crippen LogP contribution in [-0.2, 0) is 0 Å². The van der Waals surface area contributed by atoms with Crippen LogP contribution in [0.25, 0.3) is 0 Å². The van der Waals surface area contributed by atoms with E-state index in [1.54, 1.807) is 12.2 Å². The van der Waals surface area contributed by atoms with Crippen molar-refractivity contribution >= 4 is 40.7 Å². The highest BCUT2D eigenvalue weighted by Crippen LogP contribution is 2.06. The van der Waals surface area contributed by atoms with Gasteiger partial charge >= 0.3 is 0 Å². The fourth-order valence-corrected chi connectivity index (χ4v) is 2.20. The summed E-state index contributed by atoms with van der Waals surface area (Å²) in [6.45, 7) is 6.59. The molecule has 0 saturated heterocycles. The van der Waals surface area contributed by atoms with E-state index in [2.05, 4.69) is 18.5 Å². The summed E-state index contributed by atoms with van der Waals surface area (Å²) in [4.78, 5) is 4.52. The molecule has 4 heteroatoms. The molecule has 0 atom stereocenters. The van der Waals surface area contributed by atoms with Crippen LogP contribution in [0.5, 0.6) is 0 Å². The van der Waals surface area contributed by atoms with Crippen LogP contribution in [0, 0.1) is 0 Å². The van der Waals surface area contributed by atoms with Gasteiger partial charge in [0.25, 0.3) is 0 Å². The molecule has 0 aromatic carbocycles. The predicted molar refractivity (Wildman–Crippen MR) is 93.1 cm³/mol. The van der Waals surface area contributed by atoms with Crippen LogP contribution >= 0.6 is 35.0 Å². The lowest BCUT2D eigenvalue weighted by molar-refractivity contribution is 1.12. The van der Waals surface area contributed by atoms with Gasteiger partial charge in [-0.25, -0.2) is 0 Å². The molecular weight excluding hydrogens is 297 g/mol. The summed E-state index contributed by atoms with van der Waals surface area (Å²) < 4.78 is 0. The highest BCUT2D eigenvalue weighted by molar-refractivity contribution is 7.99. The molecule has 0 radical (unpaired) electrons. The molecule has 0 heterocycles. The summed E-state index contributed by atoms with van der Waals surface area (Å²) in [6.07, 6.45) is 12.3. The molecule has 0 aromatic heterocycles. The first-order chi connectivity index (χ1) is 9.24. The number of aliphatic imine (C=N–C) groups is 1. The number of nitrogens with zero attached hydrogens (tertiary/aromatic N) is 1. The van der Waals surface area contributed by atoms with Crippen molar-refractivity contribution in [3.05, 3.63) is 48.1 Å². The molecule has 0 bridgehead atoms. The Balaban J connectivity index is 3.80. The molecule has 0 amide bonds. The second-order valence-electron chi connectivity index (χ2n) is 3.54. The van der Waals surface area contributed by atoms with Crippen LogP contribution in [0.1, 0.15) is 13.3 Å². The van der Waals surface area contributed by atoms with Crippen molar-refractivity contribution in [2.75, 3.05) is 23.9 Å². The van der Waals surface area contributed by atoms with Crippen molar-refractivity contribution in [3.8, 4) is 0 Å². The maximum Gasteiger partial charge on any atom is 0.0483 e. The Hall–Kier alpha value is -0.440. The first-order valence-corrected chi connectivity index (χ1v) is 8.29. The van der Waals surface area contributed by atoms with Gasteiger partial charge in [-0.1, -0.05) is 49.4 Å². The molecule has 106 valence electrons. The number of thioether (sulfide) groups is 1. The van der Waals surface area contributed by atoms with E-state index in [9.17, 15) is 0 Å². The van der Waals surface area contributed by atoms with Crippen LogP contribution in [0.2, 0.25) is 0 Å². The van der Waals surface area contributed by atoms with Crippen molar-refractivity contribution < 1.29 is 0 Å². The summed E-state index contributed by atoms with van der Waals surface area (Å²) in [5.41, 5.74) is 1.11. The molecule has 0 aliphatic heterocycles. The molecule has 0 fully saturated rings. The molecule has 0 aromatic rings. The molecule has 0 aliphatic rings. The fourth-order valence-electron chi connectivity index (χ4n) is 1.17. The fraction of sp³-hybridized carbons (Fsp3) is 0.400. The zero-order chi connectivity index (χ0) is 14.3. The third kappa shape index (κ3) is 12.3. The van der Waals surface area contributed by atoms with E-state index in [4.69, 9.17) is 23.2 Å². The molecule has 0 rings (SSSR count). The monoisotopic (exact) mass is 317 g/mol. The number of halogens is 2. The van der Waals surface area contributed by atoms with Gasteiger partial charge in [-0.15, -0.1) is 11.6 Å². The van der Waals surface area contributed by atoms with Crippen molar-refractivity contribution in [1.29, 1.82) is 0 Å². The van der Waals surface area contributed by atoms with Gasteiger partial charge in [0.05, 0.1) is 0 Å². The third-order valence-electron chi connectivity index (χ3n) is 2.10. The summed E-state index contributed by atoms with van der Waals surface area (Å²) in [7, 11) is 0. The average Bonchev–Trinajstić information content (AvgIpc) is 2.41. The van der Waals surface area contributed by atoms with Gasteiger partial charge in [0.1, 0.15) is 0 Å². The Labute approximate surface area is 131 Å². The minimum atomic E-state index is 0.447. The van der Waals surface area contributed by atoms with Gasteiger partial charge in [0, 0.05) is 34.7 Å². The van der Waals surface area contributed by atoms with Gasteiger partial charge in [0.15, 0.2) is 0 Å². The summed E-state index contributed by atoms with van der Waals surface area (Å²) in [6, 6.07) is 0. The standard InChI is InChI=1S/C15H21Cl2NS/c1-3-5-8-15(4-2)18-11-13-19-12-6-7-14(17)9-10-16/h3,5-9H,1,4,10-13H2,2H3/b7-6-,8-5-,14-9+,18-15?. The number of allylic oxidation sites excluding steroid dienone is 6. The molecule has 0 saturated carbocycles. The minimum absolute atomic E-state index is 0.447. The first-order valence-electron chi connectivity index (χ1n) is 6.22. The van der Waals surface area contributed by atoms with Gasteiger partial charge in [-0.3, -0.25) is 4.99 Å². The van der Waals surface area contributed by atoms with E-state index in [1.807, 2.05) is 36.1 Å². The molecule has 0 N–H and O–H groups in total. The van der Waals surface area contributed by atoms with E-state index >= 15 is 0 Å². The van der Waals surface area contributed by atoms with Crippen molar-refractivity contribution in [2.24, 2.45) is 4.99 Å². The number of hydrogen-bond acceptors (Lipinski definition) is 2. The summed E-state index contributed by atoms with van der Waals surface area (Å²) >= 11 is 13.2. The Kier molecular flexibility index (Phi) is 13.7. The minimum Gasteiger partial charge on any atom is -0.289 e. The van der Waals surface area contributed by atoms with E-state index < -0.39 is 0 Å². The zero-order valence-corrected chi connectivity index (χ0v) is 13.6. The molecule has 0 unspecified atom stereocenters. The van der Waals surface area contributed by atoms with E-state index in [-0.39, 0.29) is 0 Å². The van der Waals surface area contributed by atoms with Crippen LogP contribution in [0.15, 0.2) is 53.1 Å². The van der Waals surface area contributed by atoms with Gasteiger partial charge in [-0.05, 0) is 18.6 Å². The topological polar surface area (TPSA) is 12.4 Å². The van der Waals surface area contributed by atoms with E-state index in [0.717, 1.165) is 30.2 Å². The highest BCUT2D eigenvalue weighted by atomic mass is 35.5. The van der Waals surface area contributed by atoms with Crippen molar-refractivity contribution in [1.82, 2.24) is 0 Å². The Morgan fingerprint density at radius 3 is 2.79 bits per heavy atom. The van der Waals surface area contributed by atoms with Crippen LogP contribution in [0.3, 0.4) is 0 Å². The van der Waals surface area contributed by atoms with Crippen LogP contribution < -0.4 is 0 Å². The zero-order valence-electron chi connectivity index (χ0n) is 11.3. The third-order valence-corrected chi connectivity index (χ3v) is 3.43. The molecule has 0 spiro atoms. The van der Waals surface area contributed by atoms with Crippen molar-refractivity contribution in [3.63, 3.8) is 0 Å². The number of alkyl halides is 1. The maximum atomic E-state index is 5.87. The van der Waals surface area contributed by atoms with Crippen molar-refractivity contribution in [2.45, 2.75) is 13.3 Å². The normalized spacial score (nSPS) is 13.6. The highest BCUT2D eigenvalue weighted by Gasteiger charge is 1.90. The molecule has 19 heavy (non-hydrogen) atoms. The van der Waals surface area contributed by atoms with E-state index in [0.29, 0.717) is 10.9 Å². The first kappa shape index (κ1) is 18.6. The Morgan fingerprint density at radius 2 is 2.16 bits per heavy atom. The smallest absolute Gasteiger partial charge is 0.0483 e. The number of hydrogen-bond donors (Lipinski definition) is 0. The SMILES string of the molecule is C=C/C=C\C(CC)=NCCSC/C=C\C(Cl)=C/CCl. The molecular formula is C15H21Cl2NS. The number of rotatable bonds is 10. The summed E-state index contributed by atoms with van der Waals surface area (Å²) in [5.74, 6) is 2.39. The predicted octanol–water partition coefficient (Wildman–Crippen LogP) is 5.23. The Morgan fingerprint density at radius 1 is 1.37 bits per heavy atom. The quantitative estimate of drug-likeness (QED) is 0.232. The van der Waals surface area contributed by atoms with Gasteiger partial charge in [0.2, 0.25) is 0 Å². The van der Waals surface area contributed by atoms with Crippen LogP contribution in [0.4, 0.5) is 0 Å². The lowest BCUT2D eigenvalue weighted by Gasteiger charge is -1.98. The van der Waals surface area contributed by atoms with Gasteiger partial charge < -0.3 is 0 Å². The maximum absolute atomic E-state index is 5.87. The summed E-state index contributed by atoms with van der Waals surface area (Å²) in [5, 5.41) is 0.691. The average molecular weight is 318 g/mol. The second kappa shape index (κ2) is 14.0. The second-order valence-corrected chi connectivity index (χ2v) is 5.44. The molecule has 0 aliphatic carbocycles. The lowest BCUT2D eigenvalue weighted by Crippen LogP contribution is -1.95. The molecule has 1 nitrogen and oxygen atoms in total.